The van der Waals surface area contributed by atoms with Gasteiger partial charge in [0.25, 0.3) is 0 Å². The van der Waals surface area contributed by atoms with Gasteiger partial charge < -0.3 is 13.9 Å². The molecule has 0 fully saturated rings. The maximum Gasteiger partial charge on any atom is 0.247 e. The number of aromatic nitrogens is 4. The zero-order valence-electron chi connectivity index (χ0n) is 13.4. The first-order chi connectivity index (χ1) is 12.3. The number of hydrogen-bond donors (Lipinski definition) is 0. The Morgan fingerprint density at radius 2 is 1.96 bits per heavy atom. The molecule has 4 heterocycles. The van der Waals surface area contributed by atoms with Crippen LogP contribution in [0.2, 0.25) is 0 Å². The summed E-state index contributed by atoms with van der Waals surface area (Å²) in [6, 6.07) is 9.18. The van der Waals surface area contributed by atoms with Crippen LogP contribution in [-0.4, -0.2) is 27.0 Å². The molecular formula is C18H14N4O3. The van der Waals surface area contributed by atoms with Gasteiger partial charge in [-0.3, -0.25) is 9.97 Å². The minimum atomic E-state index is 0.324. The monoisotopic (exact) mass is 334 g/mol. The maximum atomic E-state index is 5.73. The van der Waals surface area contributed by atoms with Crippen molar-refractivity contribution in [2.75, 3.05) is 7.11 Å². The number of pyridine rings is 3. The summed E-state index contributed by atoms with van der Waals surface area (Å²) >= 11 is 0. The van der Waals surface area contributed by atoms with Gasteiger partial charge >= 0.3 is 0 Å². The Bertz CT molecular complexity index is 984. The maximum absolute atomic E-state index is 5.73. The van der Waals surface area contributed by atoms with Gasteiger partial charge in [0.2, 0.25) is 11.6 Å². The normalized spacial score (nSPS) is 10.8. The summed E-state index contributed by atoms with van der Waals surface area (Å²) in [5.74, 6) is 1.78. The van der Waals surface area contributed by atoms with Gasteiger partial charge in [-0.1, -0.05) is 0 Å². The molecule has 0 radical (unpaired) electrons. The van der Waals surface area contributed by atoms with Gasteiger partial charge in [0.05, 0.1) is 30.8 Å². The van der Waals surface area contributed by atoms with Crippen LogP contribution in [0.3, 0.4) is 0 Å². The summed E-state index contributed by atoms with van der Waals surface area (Å²) in [7, 11) is 1.60. The van der Waals surface area contributed by atoms with Crippen LogP contribution in [0, 0.1) is 0 Å². The molecule has 0 N–H and O–H groups in total. The fourth-order valence-electron chi connectivity index (χ4n) is 2.27. The largest absolute Gasteiger partial charge is 0.495 e. The average molecular weight is 334 g/mol. The Labute approximate surface area is 143 Å². The third-order valence-electron chi connectivity index (χ3n) is 3.55. The van der Waals surface area contributed by atoms with Gasteiger partial charge in [0, 0.05) is 18.5 Å². The summed E-state index contributed by atoms with van der Waals surface area (Å²) in [4.78, 5) is 17.0. The van der Waals surface area contributed by atoms with Gasteiger partial charge in [-0.2, -0.15) is 0 Å². The third-order valence-corrected chi connectivity index (χ3v) is 3.55. The Kier molecular flexibility index (Phi) is 3.96. The first kappa shape index (κ1) is 15.1. The third kappa shape index (κ3) is 3.25. The molecule has 0 saturated heterocycles. The molecule has 0 amide bonds. The van der Waals surface area contributed by atoms with Crippen molar-refractivity contribution < 1.29 is 13.9 Å². The Morgan fingerprint density at radius 1 is 1.04 bits per heavy atom. The molecule has 25 heavy (non-hydrogen) atoms. The predicted octanol–water partition coefficient (Wildman–Crippen LogP) is 3.27. The topological polar surface area (TPSA) is 83.2 Å². The zero-order valence-corrected chi connectivity index (χ0v) is 13.4. The van der Waals surface area contributed by atoms with E-state index in [1.54, 1.807) is 38.0 Å². The minimum absolute atomic E-state index is 0.324. The van der Waals surface area contributed by atoms with Gasteiger partial charge in [-0.25, -0.2) is 9.97 Å². The van der Waals surface area contributed by atoms with E-state index in [2.05, 4.69) is 19.9 Å². The molecule has 0 aliphatic heterocycles. The molecule has 0 aliphatic rings. The molecule has 0 spiro atoms. The van der Waals surface area contributed by atoms with Gasteiger partial charge in [-0.05, 0) is 24.3 Å². The lowest BCUT2D eigenvalue weighted by Crippen LogP contribution is -1.98. The van der Waals surface area contributed by atoms with Crippen LogP contribution >= 0.6 is 0 Å². The lowest BCUT2D eigenvalue weighted by Gasteiger charge is -2.05. The number of rotatable bonds is 5. The van der Waals surface area contributed by atoms with Crippen LogP contribution < -0.4 is 9.47 Å². The molecule has 4 aromatic heterocycles. The molecule has 0 unspecified atom stereocenters. The van der Waals surface area contributed by atoms with Crippen molar-refractivity contribution in [3.05, 3.63) is 60.8 Å². The van der Waals surface area contributed by atoms with E-state index in [0.29, 0.717) is 35.2 Å². The van der Waals surface area contributed by atoms with Crippen molar-refractivity contribution in [3.8, 4) is 23.0 Å². The first-order valence-corrected chi connectivity index (χ1v) is 7.60. The molecule has 124 valence electrons. The summed E-state index contributed by atoms with van der Waals surface area (Å²) in [6.07, 6.45) is 6.64. The number of oxazole rings is 1. The van der Waals surface area contributed by atoms with Crippen LogP contribution in [0.25, 0.3) is 22.7 Å². The van der Waals surface area contributed by atoms with E-state index in [9.17, 15) is 0 Å². The van der Waals surface area contributed by atoms with E-state index in [4.69, 9.17) is 13.9 Å². The highest BCUT2D eigenvalue weighted by Crippen LogP contribution is 2.25. The SMILES string of the molecule is COc1ccc(COc2cnc3oc(-c4cccnc4)nc3c2)nc1. The Balaban J connectivity index is 1.52. The van der Waals surface area contributed by atoms with Crippen molar-refractivity contribution in [1.29, 1.82) is 0 Å². The van der Waals surface area contributed by atoms with E-state index in [0.717, 1.165) is 11.3 Å². The van der Waals surface area contributed by atoms with Crippen molar-refractivity contribution in [2.45, 2.75) is 6.61 Å². The Morgan fingerprint density at radius 3 is 2.72 bits per heavy atom. The summed E-state index contributed by atoms with van der Waals surface area (Å²) in [5, 5.41) is 0. The average Bonchev–Trinajstić information content (AvgIpc) is 3.11. The van der Waals surface area contributed by atoms with Crippen molar-refractivity contribution in [1.82, 2.24) is 19.9 Å². The lowest BCUT2D eigenvalue weighted by molar-refractivity contribution is 0.300. The summed E-state index contributed by atoms with van der Waals surface area (Å²) < 4.78 is 16.5. The lowest BCUT2D eigenvalue weighted by atomic mass is 10.3. The first-order valence-electron chi connectivity index (χ1n) is 7.60. The second-order valence-electron chi connectivity index (χ2n) is 5.23. The molecule has 4 aromatic rings. The van der Waals surface area contributed by atoms with Gasteiger partial charge in [-0.15, -0.1) is 0 Å². The number of ether oxygens (including phenoxy) is 2. The van der Waals surface area contributed by atoms with E-state index in [1.165, 1.54) is 0 Å². The fourth-order valence-corrected chi connectivity index (χ4v) is 2.27. The predicted molar refractivity (Wildman–Crippen MR) is 90.2 cm³/mol. The van der Waals surface area contributed by atoms with Crippen LogP contribution in [-0.2, 0) is 6.61 Å². The molecular weight excluding hydrogens is 320 g/mol. The number of methoxy groups -OCH3 is 1. The fraction of sp³-hybridized carbons (Fsp3) is 0.111. The van der Waals surface area contributed by atoms with Crippen molar-refractivity contribution in [2.24, 2.45) is 0 Å². The Hall–Kier alpha value is -3.48. The van der Waals surface area contributed by atoms with Gasteiger partial charge in [0.15, 0.2) is 0 Å². The van der Waals surface area contributed by atoms with E-state index < -0.39 is 0 Å². The smallest absolute Gasteiger partial charge is 0.247 e. The van der Waals surface area contributed by atoms with E-state index >= 15 is 0 Å². The van der Waals surface area contributed by atoms with E-state index in [-0.39, 0.29) is 0 Å². The molecule has 7 heteroatoms. The molecule has 0 atom stereocenters. The van der Waals surface area contributed by atoms with Crippen LogP contribution in [0.5, 0.6) is 11.5 Å². The number of hydrogen-bond acceptors (Lipinski definition) is 7. The second kappa shape index (κ2) is 6.56. The number of nitrogens with zero attached hydrogens (tertiary/aromatic N) is 4. The summed E-state index contributed by atoms with van der Waals surface area (Å²) in [6.45, 7) is 0.324. The molecule has 4 rings (SSSR count). The number of fused-ring (bicyclic) bond motifs is 1. The van der Waals surface area contributed by atoms with Crippen LogP contribution in [0.4, 0.5) is 0 Å². The van der Waals surface area contributed by atoms with Crippen molar-refractivity contribution in [3.63, 3.8) is 0 Å². The minimum Gasteiger partial charge on any atom is -0.495 e. The summed E-state index contributed by atoms with van der Waals surface area (Å²) in [5.41, 5.74) is 2.66. The molecule has 0 aliphatic carbocycles. The molecule has 0 saturated carbocycles. The quantitative estimate of drug-likeness (QED) is 0.554. The molecule has 7 nitrogen and oxygen atoms in total. The highest BCUT2D eigenvalue weighted by atomic mass is 16.5. The molecule has 0 bridgehead atoms. The highest BCUT2D eigenvalue weighted by Gasteiger charge is 2.10. The zero-order chi connectivity index (χ0) is 17.1. The molecule has 0 aromatic carbocycles. The standard InChI is InChI=1S/C18H14N4O3/c1-23-14-5-4-13(20-9-14)11-24-15-7-16-18(21-10-15)25-17(22-16)12-3-2-6-19-8-12/h2-10H,11H2,1H3. The highest BCUT2D eigenvalue weighted by molar-refractivity contribution is 5.73. The van der Waals surface area contributed by atoms with Crippen LogP contribution in [0.1, 0.15) is 5.69 Å². The van der Waals surface area contributed by atoms with Gasteiger partial charge in [0.1, 0.15) is 23.6 Å². The van der Waals surface area contributed by atoms with E-state index in [1.807, 2.05) is 24.3 Å². The van der Waals surface area contributed by atoms with Crippen molar-refractivity contribution >= 4 is 11.2 Å². The second-order valence-corrected chi connectivity index (χ2v) is 5.23. The van der Waals surface area contributed by atoms with Crippen LogP contribution in [0.15, 0.2) is 59.5 Å².